The minimum absolute atomic E-state index is 0.0184. The first kappa shape index (κ1) is 23.7. The predicted octanol–water partition coefficient (Wildman–Crippen LogP) is 4.96. The van der Waals surface area contributed by atoms with E-state index in [-0.39, 0.29) is 16.9 Å². The molecular weight excluding hydrogens is 461 g/mol. The van der Waals surface area contributed by atoms with Crippen LogP contribution in [0.3, 0.4) is 0 Å². The van der Waals surface area contributed by atoms with E-state index in [2.05, 4.69) is 25.9 Å². The van der Waals surface area contributed by atoms with Crippen LogP contribution in [0.25, 0.3) is 16.9 Å². The largest absolute Gasteiger partial charge is 0.495 e. The molecule has 2 N–H and O–H groups in total. The first-order chi connectivity index (χ1) is 16.7. The highest BCUT2D eigenvalue weighted by molar-refractivity contribution is 6.05. The molecule has 0 saturated carbocycles. The average molecular weight is 482 g/mol. The molecule has 0 saturated heterocycles. The number of carbonyl (C=O) groups excluding carboxylic acids is 1. The number of rotatable bonds is 6. The van der Waals surface area contributed by atoms with Crippen LogP contribution in [0, 0.1) is 6.92 Å². The molecule has 4 aromatic rings. The average Bonchev–Trinajstić information content (AvgIpc) is 3.33. The monoisotopic (exact) mass is 482 g/mol. The van der Waals surface area contributed by atoms with Crippen molar-refractivity contribution in [1.29, 1.82) is 0 Å². The summed E-state index contributed by atoms with van der Waals surface area (Å²) in [5, 5.41) is 13.5. The Morgan fingerprint density at radius 1 is 1.06 bits per heavy atom. The molecule has 11 heteroatoms. The highest BCUT2D eigenvalue weighted by atomic mass is 19.4. The topological polar surface area (TPSA) is 94.0 Å². The Morgan fingerprint density at radius 2 is 1.83 bits per heavy atom. The van der Waals surface area contributed by atoms with Crippen molar-refractivity contribution in [3.8, 4) is 22.7 Å². The molecule has 0 unspecified atom stereocenters. The maximum absolute atomic E-state index is 13.2. The lowest BCUT2D eigenvalue weighted by molar-refractivity contribution is -0.137. The van der Waals surface area contributed by atoms with E-state index in [0.29, 0.717) is 22.7 Å². The third-order valence-electron chi connectivity index (χ3n) is 5.26. The summed E-state index contributed by atoms with van der Waals surface area (Å²) >= 11 is 0. The van der Waals surface area contributed by atoms with Gasteiger partial charge in [0.15, 0.2) is 0 Å². The molecule has 0 atom stereocenters. The van der Waals surface area contributed by atoms with E-state index in [4.69, 9.17) is 4.74 Å². The van der Waals surface area contributed by atoms with Crippen LogP contribution in [0.5, 0.6) is 5.75 Å². The summed E-state index contributed by atoms with van der Waals surface area (Å²) < 4.78 is 46.4. The van der Waals surface area contributed by atoms with Crippen LogP contribution >= 0.6 is 0 Å². The van der Waals surface area contributed by atoms with Crippen LogP contribution in [0.15, 0.2) is 61.1 Å². The first-order valence-electron chi connectivity index (χ1n) is 10.4. The van der Waals surface area contributed by atoms with Crippen LogP contribution in [0.4, 0.5) is 24.5 Å². The number of aromatic nitrogens is 4. The third-order valence-corrected chi connectivity index (χ3v) is 5.26. The van der Waals surface area contributed by atoms with Gasteiger partial charge in [-0.05, 0) is 48.9 Å². The fourth-order valence-corrected chi connectivity index (χ4v) is 3.39. The van der Waals surface area contributed by atoms with Gasteiger partial charge in [-0.1, -0.05) is 11.3 Å². The van der Waals surface area contributed by atoms with Crippen molar-refractivity contribution in [3.05, 3.63) is 77.7 Å². The molecule has 35 heavy (non-hydrogen) atoms. The molecule has 2 aromatic carbocycles. The van der Waals surface area contributed by atoms with Crippen molar-refractivity contribution in [2.24, 2.45) is 0 Å². The zero-order valence-corrected chi connectivity index (χ0v) is 19.0. The standard InChI is InChI=1S/C24H21F3N6O2/c1-14-4-5-15(23(34)30-19-9-17(24(25,26)27)8-18(10-19)28-2)7-22(14)33-13-21(31-32-33)16-6-20(35-3)12-29-11-16/h4-13,28H,1-3H3,(H,30,34). The molecule has 0 fully saturated rings. The van der Waals surface area contributed by atoms with Crippen molar-refractivity contribution < 1.29 is 22.7 Å². The number of anilines is 2. The maximum Gasteiger partial charge on any atom is 0.416 e. The number of amides is 1. The molecule has 2 aromatic heterocycles. The predicted molar refractivity (Wildman–Crippen MR) is 125 cm³/mol. The molecule has 0 aliphatic carbocycles. The number of nitrogens with zero attached hydrogens (tertiary/aromatic N) is 4. The fourth-order valence-electron chi connectivity index (χ4n) is 3.39. The second-order valence-electron chi connectivity index (χ2n) is 7.66. The molecule has 0 radical (unpaired) electrons. The number of hydrogen-bond acceptors (Lipinski definition) is 6. The number of hydrogen-bond donors (Lipinski definition) is 2. The number of aryl methyl sites for hydroxylation is 1. The summed E-state index contributed by atoms with van der Waals surface area (Å²) in [7, 11) is 3.04. The Labute approximate surface area is 198 Å². The van der Waals surface area contributed by atoms with E-state index in [1.807, 2.05) is 6.92 Å². The Balaban J connectivity index is 1.62. The van der Waals surface area contributed by atoms with Gasteiger partial charge < -0.3 is 15.4 Å². The molecule has 0 aliphatic rings. The summed E-state index contributed by atoms with van der Waals surface area (Å²) in [6.07, 6.45) is 0.338. The van der Waals surface area contributed by atoms with Gasteiger partial charge in [0, 0.05) is 35.7 Å². The van der Waals surface area contributed by atoms with E-state index in [9.17, 15) is 18.0 Å². The van der Waals surface area contributed by atoms with Gasteiger partial charge in [0.1, 0.15) is 11.4 Å². The minimum Gasteiger partial charge on any atom is -0.495 e. The van der Waals surface area contributed by atoms with E-state index >= 15 is 0 Å². The van der Waals surface area contributed by atoms with Gasteiger partial charge in [-0.15, -0.1) is 5.10 Å². The van der Waals surface area contributed by atoms with Crippen molar-refractivity contribution in [1.82, 2.24) is 20.0 Å². The van der Waals surface area contributed by atoms with Crippen LogP contribution < -0.4 is 15.4 Å². The number of nitrogens with one attached hydrogen (secondary N) is 2. The summed E-state index contributed by atoms with van der Waals surface area (Å²) in [5.74, 6) is 0.00730. The van der Waals surface area contributed by atoms with Crippen molar-refractivity contribution in [2.75, 3.05) is 24.8 Å². The van der Waals surface area contributed by atoms with Crippen LogP contribution in [0.1, 0.15) is 21.5 Å². The molecule has 4 rings (SSSR count). The Morgan fingerprint density at radius 3 is 2.54 bits per heavy atom. The minimum atomic E-state index is -4.55. The van der Waals surface area contributed by atoms with E-state index in [1.54, 1.807) is 42.9 Å². The van der Waals surface area contributed by atoms with Gasteiger partial charge in [-0.3, -0.25) is 9.78 Å². The molecule has 0 aliphatic heterocycles. The first-order valence-corrected chi connectivity index (χ1v) is 10.4. The molecular formula is C24H21F3N6O2. The highest BCUT2D eigenvalue weighted by Crippen LogP contribution is 2.33. The summed E-state index contributed by atoms with van der Waals surface area (Å²) in [5.41, 5.74) is 2.28. The van der Waals surface area contributed by atoms with Crippen LogP contribution in [-0.2, 0) is 6.18 Å². The smallest absolute Gasteiger partial charge is 0.416 e. The second kappa shape index (κ2) is 9.45. The van der Waals surface area contributed by atoms with Gasteiger partial charge in [0.05, 0.1) is 30.8 Å². The number of carbonyl (C=O) groups is 1. The molecule has 0 bridgehead atoms. The summed E-state index contributed by atoms with van der Waals surface area (Å²) in [6, 6.07) is 9.97. The molecule has 0 spiro atoms. The highest BCUT2D eigenvalue weighted by Gasteiger charge is 2.31. The molecule has 8 nitrogen and oxygen atoms in total. The molecule has 180 valence electrons. The number of alkyl halides is 3. The van der Waals surface area contributed by atoms with Gasteiger partial charge in [-0.25, -0.2) is 4.68 Å². The number of pyridine rings is 1. The van der Waals surface area contributed by atoms with Crippen molar-refractivity contribution in [2.45, 2.75) is 13.1 Å². The Hall–Kier alpha value is -4.41. The quantitative estimate of drug-likeness (QED) is 0.404. The molecule has 1 amide bonds. The van der Waals surface area contributed by atoms with Gasteiger partial charge in [-0.2, -0.15) is 13.2 Å². The van der Waals surface area contributed by atoms with E-state index in [1.165, 1.54) is 24.9 Å². The zero-order chi connectivity index (χ0) is 25.2. The van der Waals surface area contributed by atoms with E-state index < -0.39 is 17.6 Å². The summed E-state index contributed by atoms with van der Waals surface area (Å²) in [6.45, 7) is 1.84. The number of ether oxygens (including phenoxy) is 1. The zero-order valence-electron chi connectivity index (χ0n) is 19.0. The molecule has 2 heterocycles. The third kappa shape index (κ3) is 5.24. The van der Waals surface area contributed by atoms with Crippen molar-refractivity contribution >= 4 is 17.3 Å². The van der Waals surface area contributed by atoms with Crippen LogP contribution in [0.2, 0.25) is 0 Å². The lowest BCUT2D eigenvalue weighted by atomic mass is 10.1. The SMILES string of the molecule is CNc1cc(NC(=O)c2ccc(C)c(-n3cc(-c4cncc(OC)c4)nn3)c2)cc(C(F)(F)F)c1. The number of halogens is 3. The fraction of sp³-hybridized carbons (Fsp3) is 0.167. The van der Waals surface area contributed by atoms with Crippen molar-refractivity contribution in [3.63, 3.8) is 0 Å². The van der Waals surface area contributed by atoms with Gasteiger partial charge >= 0.3 is 6.18 Å². The number of benzene rings is 2. The van der Waals surface area contributed by atoms with Gasteiger partial charge in [0.2, 0.25) is 0 Å². The Kier molecular flexibility index (Phi) is 6.41. The normalized spacial score (nSPS) is 11.3. The second-order valence-corrected chi connectivity index (χ2v) is 7.66. The lowest BCUT2D eigenvalue weighted by Gasteiger charge is -2.13. The van der Waals surface area contributed by atoms with Crippen LogP contribution in [-0.4, -0.2) is 40.0 Å². The summed E-state index contributed by atoms with van der Waals surface area (Å²) in [4.78, 5) is 17.0. The number of methoxy groups -OCH3 is 1. The lowest BCUT2D eigenvalue weighted by Crippen LogP contribution is -2.14. The van der Waals surface area contributed by atoms with E-state index in [0.717, 1.165) is 17.7 Å². The Bertz CT molecular complexity index is 1380. The van der Waals surface area contributed by atoms with Gasteiger partial charge in [0.25, 0.3) is 5.91 Å². The maximum atomic E-state index is 13.2.